The van der Waals surface area contributed by atoms with Gasteiger partial charge < -0.3 is 15.3 Å². The molecule has 200 valence electrons. The summed E-state index contributed by atoms with van der Waals surface area (Å²) in [5.41, 5.74) is 1.32. The van der Waals surface area contributed by atoms with Crippen molar-refractivity contribution >= 4 is 46.3 Å². The number of amides is 2. The zero-order valence-corrected chi connectivity index (χ0v) is 23.7. The number of halogens is 1. The summed E-state index contributed by atoms with van der Waals surface area (Å²) in [6.07, 6.45) is 2.30. The molecule has 1 aliphatic heterocycles. The topological polar surface area (TPSA) is 112 Å². The Morgan fingerprint density at radius 3 is 2.24 bits per heavy atom. The predicted octanol–water partition coefficient (Wildman–Crippen LogP) is 5.67. The van der Waals surface area contributed by atoms with Crippen molar-refractivity contribution in [2.75, 3.05) is 13.1 Å². The van der Waals surface area contributed by atoms with E-state index in [0.29, 0.717) is 12.2 Å². The van der Waals surface area contributed by atoms with E-state index in [4.69, 9.17) is 11.6 Å². The van der Waals surface area contributed by atoms with E-state index in [1.165, 1.54) is 11.8 Å². The molecule has 0 bridgehead atoms. The van der Waals surface area contributed by atoms with Crippen LogP contribution in [-0.4, -0.2) is 56.6 Å². The van der Waals surface area contributed by atoms with E-state index in [-0.39, 0.29) is 34.2 Å². The molecule has 10 heteroatoms. The summed E-state index contributed by atoms with van der Waals surface area (Å²) in [6, 6.07) is 9.17. The Morgan fingerprint density at radius 2 is 1.76 bits per heavy atom. The summed E-state index contributed by atoms with van der Waals surface area (Å²) in [6.45, 7) is 13.0. The number of aliphatic imine (C=N–C) groups is 1. The lowest BCUT2D eigenvalue weighted by Gasteiger charge is -2.21. The number of nitrogens with one attached hydrogen (secondary N) is 1. The van der Waals surface area contributed by atoms with Crippen LogP contribution in [0.1, 0.15) is 68.7 Å². The zero-order valence-electron chi connectivity index (χ0n) is 22.2. The fourth-order valence-electron chi connectivity index (χ4n) is 3.40. The number of aromatic carboxylic acids is 1. The van der Waals surface area contributed by atoms with Crippen molar-refractivity contribution in [2.24, 2.45) is 10.9 Å². The minimum Gasteiger partial charge on any atom is -0.478 e. The van der Waals surface area contributed by atoms with Gasteiger partial charge in [0.25, 0.3) is 11.1 Å². The number of carbonyl (C=O) groups is 3. The van der Waals surface area contributed by atoms with Gasteiger partial charge in [0.15, 0.2) is 5.84 Å². The summed E-state index contributed by atoms with van der Waals surface area (Å²) < 4.78 is 0. The third-order valence-corrected chi connectivity index (χ3v) is 7.50. The van der Waals surface area contributed by atoms with E-state index >= 15 is 0 Å². The number of thioether (sulfide) groups is 1. The molecule has 2 heterocycles. The molecule has 0 spiro atoms. The van der Waals surface area contributed by atoms with Crippen LogP contribution in [0.2, 0.25) is 5.02 Å². The van der Waals surface area contributed by atoms with E-state index in [0.717, 1.165) is 29.2 Å². The number of rotatable bonds is 8. The lowest BCUT2D eigenvalue weighted by atomic mass is 9.89. The van der Waals surface area contributed by atoms with Gasteiger partial charge in [-0.1, -0.05) is 56.3 Å². The molecule has 2 amide bonds. The van der Waals surface area contributed by atoms with Crippen LogP contribution in [0.4, 0.5) is 4.79 Å². The van der Waals surface area contributed by atoms with Crippen molar-refractivity contribution in [1.29, 1.82) is 0 Å². The van der Waals surface area contributed by atoms with Crippen molar-refractivity contribution < 1.29 is 19.5 Å². The first-order chi connectivity index (χ1) is 17.5. The minimum absolute atomic E-state index is 0.00167. The second-order valence-corrected chi connectivity index (χ2v) is 10.3. The number of carboxylic acids is 1. The molecule has 1 aliphatic rings. The van der Waals surface area contributed by atoms with Gasteiger partial charge in [-0.15, -0.1) is 0 Å². The SMILES string of the molecule is CCN(CC)C(=O)SCc1ccc(Cl)cc1.CCc1cnc(C2=NC(C)(C(C)C)C(=O)N2)c(C(=O)O)c1. The summed E-state index contributed by atoms with van der Waals surface area (Å²) in [7, 11) is 0. The van der Waals surface area contributed by atoms with Crippen molar-refractivity contribution in [3.63, 3.8) is 0 Å². The number of amidine groups is 1. The highest BCUT2D eigenvalue weighted by molar-refractivity contribution is 8.12. The summed E-state index contributed by atoms with van der Waals surface area (Å²) >= 11 is 7.12. The maximum absolute atomic E-state index is 12.1. The molecule has 3 rings (SSSR count). The van der Waals surface area contributed by atoms with Gasteiger partial charge in [-0.25, -0.2) is 9.79 Å². The first-order valence-electron chi connectivity index (χ1n) is 12.3. The standard InChI is InChI=1S/C15H19N3O3.C12H16ClNOS/c1-5-9-6-10(13(19)20)11(16-7-9)12-17-14(21)15(4,18-12)8(2)3;1-3-14(4-2)12(15)16-9-10-5-7-11(13)8-6-10/h6-8H,5H2,1-4H3,(H,19,20)(H,17,18,21);5-8H,3-4,9H2,1-2H3. The van der Waals surface area contributed by atoms with Crippen molar-refractivity contribution in [3.05, 3.63) is 63.9 Å². The second-order valence-electron chi connectivity index (χ2n) is 8.97. The predicted molar refractivity (Wildman–Crippen MR) is 150 cm³/mol. The summed E-state index contributed by atoms with van der Waals surface area (Å²) in [4.78, 5) is 45.7. The van der Waals surface area contributed by atoms with Crippen LogP contribution in [0.5, 0.6) is 0 Å². The zero-order chi connectivity index (χ0) is 27.8. The monoisotopic (exact) mass is 546 g/mol. The van der Waals surface area contributed by atoms with Gasteiger partial charge in [-0.2, -0.15) is 0 Å². The average molecular weight is 547 g/mol. The highest BCUT2D eigenvalue weighted by Gasteiger charge is 2.43. The van der Waals surface area contributed by atoms with Crippen LogP contribution in [-0.2, 0) is 17.0 Å². The normalized spacial score (nSPS) is 16.5. The van der Waals surface area contributed by atoms with Crippen LogP contribution in [0.25, 0.3) is 0 Å². The van der Waals surface area contributed by atoms with Gasteiger partial charge in [-0.3, -0.25) is 14.6 Å². The molecule has 1 unspecified atom stereocenters. The molecule has 0 saturated carbocycles. The van der Waals surface area contributed by atoms with E-state index in [1.807, 2.05) is 63.8 Å². The third kappa shape index (κ3) is 7.79. The van der Waals surface area contributed by atoms with Crippen LogP contribution in [0.15, 0.2) is 41.5 Å². The van der Waals surface area contributed by atoms with E-state index in [1.54, 1.807) is 19.2 Å². The van der Waals surface area contributed by atoms with Gasteiger partial charge in [0.2, 0.25) is 0 Å². The number of hydrogen-bond donors (Lipinski definition) is 2. The molecule has 2 aromatic rings. The second kappa shape index (κ2) is 13.6. The molecular formula is C27H35ClN4O4S. The van der Waals surface area contributed by atoms with Gasteiger partial charge in [0.05, 0.1) is 5.56 Å². The van der Waals surface area contributed by atoms with Crippen LogP contribution < -0.4 is 5.32 Å². The molecule has 1 atom stereocenters. The molecule has 0 aliphatic carbocycles. The molecular weight excluding hydrogens is 512 g/mol. The van der Waals surface area contributed by atoms with Gasteiger partial charge >= 0.3 is 5.97 Å². The highest BCUT2D eigenvalue weighted by atomic mass is 35.5. The number of carbonyl (C=O) groups excluding carboxylic acids is 2. The Balaban J connectivity index is 0.000000271. The third-order valence-electron chi connectivity index (χ3n) is 6.26. The Kier molecular flexibility index (Phi) is 11.1. The smallest absolute Gasteiger partial charge is 0.338 e. The van der Waals surface area contributed by atoms with E-state index in [2.05, 4.69) is 15.3 Å². The summed E-state index contributed by atoms with van der Waals surface area (Å²) in [5.74, 6) is -0.380. The van der Waals surface area contributed by atoms with Crippen LogP contribution >= 0.6 is 23.4 Å². The van der Waals surface area contributed by atoms with Crippen molar-refractivity contribution in [1.82, 2.24) is 15.2 Å². The average Bonchev–Trinajstić information content (AvgIpc) is 3.19. The molecule has 0 radical (unpaired) electrons. The largest absolute Gasteiger partial charge is 0.478 e. The fraction of sp³-hybridized carbons (Fsp3) is 0.444. The number of benzene rings is 1. The Hall–Kier alpha value is -2.91. The number of hydrogen-bond acceptors (Lipinski definition) is 6. The molecule has 37 heavy (non-hydrogen) atoms. The maximum Gasteiger partial charge on any atom is 0.338 e. The Morgan fingerprint density at radius 1 is 1.14 bits per heavy atom. The number of pyridine rings is 1. The lowest BCUT2D eigenvalue weighted by Crippen LogP contribution is -2.41. The fourth-order valence-corrected chi connectivity index (χ4v) is 4.45. The van der Waals surface area contributed by atoms with Gasteiger partial charge in [0.1, 0.15) is 11.2 Å². The molecule has 8 nitrogen and oxygen atoms in total. The molecule has 0 saturated heterocycles. The number of aromatic nitrogens is 1. The number of carboxylic acid groups (broad SMARTS) is 1. The summed E-state index contributed by atoms with van der Waals surface area (Å²) in [5, 5.41) is 12.9. The molecule has 0 fully saturated rings. The van der Waals surface area contributed by atoms with Gasteiger partial charge in [0, 0.05) is 30.1 Å². The lowest BCUT2D eigenvalue weighted by molar-refractivity contribution is -0.124. The number of aryl methyl sites for hydroxylation is 1. The number of nitrogens with zero attached hydrogens (tertiary/aromatic N) is 3. The van der Waals surface area contributed by atoms with Crippen LogP contribution in [0.3, 0.4) is 0 Å². The minimum atomic E-state index is -1.08. The van der Waals surface area contributed by atoms with Gasteiger partial charge in [-0.05, 0) is 62.4 Å². The first-order valence-corrected chi connectivity index (χ1v) is 13.6. The quantitative estimate of drug-likeness (QED) is 0.441. The van der Waals surface area contributed by atoms with Crippen molar-refractivity contribution in [3.8, 4) is 0 Å². The Labute approximate surface area is 227 Å². The van der Waals surface area contributed by atoms with E-state index < -0.39 is 11.5 Å². The molecule has 2 N–H and O–H groups in total. The Bertz CT molecular complexity index is 1150. The van der Waals surface area contributed by atoms with Crippen LogP contribution in [0, 0.1) is 5.92 Å². The maximum atomic E-state index is 12.1. The molecule has 1 aromatic heterocycles. The highest BCUT2D eigenvalue weighted by Crippen LogP contribution is 2.27. The van der Waals surface area contributed by atoms with E-state index in [9.17, 15) is 19.5 Å². The van der Waals surface area contributed by atoms with Crippen molar-refractivity contribution in [2.45, 2.75) is 59.3 Å². The molecule has 1 aromatic carbocycles. The first kappa shape index (κ1) is 30.3.